The van der Waals surface area contributed by atoms with Gasteiger partial charge in [-0.2, -0.15) is 0 Å². The van der Waals surface area contributed by atoms with Gasteiger partial charge in [-0.15, -0.1) is 0 Å². The first-order valence-electron chi connectivity index (χ1n) is 7.81. The minimum absolute atomic E-state index is 0.0390. The number of hydrogen-bond donors (Lipinski definition) is 2. The first-order chi connectivity index (χ1) is 11.7. The smallest absolute Gasteiger partial charge is 0.333 e. The Morgan fingerprint density at radius 2 is 2.17 bits per heavy atom. The number of methoxy groups -OCH3 is 1. The summed E-state index contributed by atoms with van der Waals surface area (Å²) in [5.74, 6) is -0.537. The second-order valence-corrected chi connectivity index (χ2v) is 5.56. The summed E-state index contributed by atoms with van der Waals surface area (Å²) in [5, 5.41) is 5.90. The zero-order chi connectivity index (χ0) is 16.9. The number of nitrogens with one attached hydrogen (secondary N) is 2. The molecule has 2 atom stereocenters. The third kappa shape index (κ3) is 3.46. The molecule has 2 unspecified atom stereocenters. The standard InChI is InChI=1S/C17H19N3O4/c1-23-17(22)14(11-6-3-2-4-7-11)20-15(21)13-10-24-16(19-13)12-8-5-9-18-12/h2-4,6-7,10,12,14,18H,5,8-9H2,1H3,(H,20,21). The molecule has 2 aromatic rings. The summed E-state index contributed by atoms with van der Waals surface area (Å²) in [6.45, 7) is 0.910. The fourth-order valence-electron chi connectivity index (χ4n) is 2.69. The van der Waals surface area contributed by atoms with E-state index in [4.69, 9.17) is 9.15 Å². The number of esters is 1. The van der Waals surface area contributed by atoms with Crippen molar-refractivity contribution in [2.45, 2.75) is 24.9 Å². The van der Waals surface area contributed by atoms with Crippen LogP contribution in [0.15, 0.2) is 41.0 Å². The summed E-state index contributed by atoms with van der Waals surface area (Å²) in [4.78, 5) is 28.6. The summed E-state index contributed by atoms with van der Waals surface area (Å²) in [6.07, 6.45) is 3.29. The Kier molecular flexibility index (Phi) is 4.90. The molecule has 3 rings (SSSR count). The molecule has 0 radical (unpaired) electrons. The number of nitrogens with zero attached hydrogens (tertiary/aromatic N) is 1. The van der Waals surface area contributed by atoms with Crippen molar-refractivity contribution in [1.29, 1.82) is 0 Å². The molecule has 0 spiro atoms. The van der Waals surface area contributed by atoms with E-state index in [-0.39, 0.29) is 11.7 Å². The number of carbonyl (C=O) groups excluding carboxylic acids is 2. The molecule has 7 heteroatoms. The Balaban J connectivity index is 1.75. The summed E-state index contributed by atoms with van der Waals surface area (Å²) in [5.41, 5.74) is 0.780. The number of hydrogen-bond acceptors (Lipinski definition) is 6. The SMILES string of the molecule is COC(=O)C(NC(=O)c1coc(C2CCCN2)n1)c1ccccc1. The first kappa shape index (κ1) is 16.2. The summed E-state index contributed by atoms with van der Waals surface area (Å²) >= 11 is 0. The van der Waals surface area contributed by atoms with Gasteiger partial charge in [0, 0.05) is 0 Å². The molecule has 2 heterocycles. The quantitative estimate of drug-likeness (QED) is 0.812. The zero-order valence-corrected chi connectivity index (χ0v) is 13.3. The van der Waals surface area contributed by atoms with Crippen LogP contribution in [0.25, 0.3) is 0 Å². The molecule has 0 aliphatic carbocycles. The van der Waals surface area contributed by atoms with E-state index in [0.717, 1.165) is 19.4 Å². The fraction of sp³-hybridized carbons (Fsp3) is 0.353. The Hall–Kier alpha value is -2.67. The molecule has 126 valence electrons. The van der Waals surface area contributed by atoms with Crippen LogP contribution in [-0.2, 0) is 9.53 Å². The number of rotatable bonds is 5. The molecule has 1 aliphatic rings. The van der Waals surface area contributed by atoms with Gasteiger partial charge in [-0.1, -0.05) is 30.3 Å². The van der Waals surface area contributed by atoms with Gasteiger partial charge in [0.15, 0.2) is 11.7 Å². The molecule has 1 amide bonds. The van der Waals surface area contributed by atoms with E-state index in [2.05, 4.69) is 15.6 Å². The Morgan fingerprint density at radius 1 is 1.38 bits per heavy atom. The van der Waals surface area contributed by atoms with Crippen LogP contribution in [0.2, 0.25) is 0 Å². The molecule has 2 N–H and O–H groups in total. The largest absolute Gasteiger partial charge is 0.467 e. The van der Waals surface area contributed by atoms with Gasteiger partial charge in [0.1, 0.15) is 6.26 Å². The average Bonchev–Trinajstić information content (AvgIpc) is 3.30. The zero-order valence-electron chi connectivity index (χ0n) is 13.3. The number of amides is 1. The predicted octanol–water partition coefficient (Wildman–Crippen LogP) is 1.74. The lowest BCUT2D eigenvalue weighted by Gasteiger charge is -2.16. The Labute approximate surface area is 139 Å². The maximum absolute atomic E-state index is 12.4. The molecule has 1 aliphatic heterocycles. The normalized spacial score (nSPS) is 18.1. The molecule has 0 bridgehead atoms. The fourth-order valence-corrected chi connectivity index (χ4v) is 2.69. The second kappa shape index (κ2) is 7.27. The van der Waals surface area contributed by atoms with Gasteiger partial charge in [-0.25, -0.2) is 9.78 Å². The van der Waals surface area contributed by atoms with Crippen LogP contribution in [0, 0.1) is 0 Å². The summed E-state index contributed by atoms with van der Waals surface area (Å²) < 4.78 is 10.2. The molecule has 0 saturated carbocycles. The van der Waals surface area contributed by atoms with E-state index in [1.165, 1.54) is 13.4 Å². The Bertz CT molecular complexity index is 708. The molecule has 1 fully saturated rings. The van der Waals surface area contributed by atoms with Gasteiger partial charge >= 0.3 is 5.97 Å². The lowest BCUT2D eigenvalue weighted by Crippen LogP contribution is -2.34. The second-order valence-electron chi connectivity index (χ2n) is 5.56. The van der Waals surface area contributed by atoms with Gasteiger partial charge in [-0.05, 0) is 24.9 Å². The molecule has 24 heavy (non-hydrogen) atoms. The number of ether oxygens (including phenoxy) is 1. The van der Waals surface area contributed by atoms with Crippen LogP contribution in [0.3, 0.4) is 0 Å². The Morgan fingerprint density at radius 3 is 2.83 bits per heavy atom. The molecular formula is C17H19N3O4. The van der Waals surface area contributed by atoms with Crippen molar-refractivity contribution in [3.8, 4) is 0 Å². The van der Waals surface area contributed by atoms with E-state index in [9.17, 15) is 9.59 Å². The minimum atomic E-state index is -0.895. The molecular weight excluding hydrogens is 310 g/mol. The van der Waals surface area contributed by atoms with Crippen molar-refractivity contribution in [3.05, 3.63) is 53.7 Å². The van der Waals surface area contributed by atoms with Gasteiger partial charge < -0.3 is 19.8 Å². The number of benzene rings is 1. The highest BCUT2D eigenvalue weighted by molar-refractivity contribution is 5.95. The highest BCUT2D eigenvalue weighted by Gasteiger charge is 2.27. The highest BCUT2D eigenvalue weighted by atomic mass is 16.5. The molecule has 1 aromatic heterocycles. The van der Waals surface area contributed by atoms with E-state index in [1.807, 2.05) is 6.07 Å². The van der Waals surface area contributed by atoms with Crippen LogP contribution in [-0.4, -0.2) is 30.5 Å². The van der Waals surface area contributed by atoms with Crippen molar-refractivity contribution < 1.29 is 18.7 Å². The van der Waals surface area contributed by atoms with E-state index >= 15 is 0 Å². The van der Waals surface area contributed by atoms with Crippen LogP contribution in [0.1, 0.15) is 46.9 Å². The average molecular weight is 329 g/mol. The van der Waals surface area contributed by atoms with Gasteiger partial charge in [0.2, 0.25) is 5.89 Å². The van der Waals surface area contributed by atoms with Crippen molar-refractivity contribution in [2.24, 2.45) is 0 Å². The first-order valence-corrected chi connectivity index (χ1v) is 7.81. The van der Waals surface area contributed by atoms with Crippen molar-refractivity contribution in [2.75, 3.05) is 13.7 Å². The lowest BCUT2D eigenvalue weighted by atomic mass is 10.1. The summed E-state index contributed by atoms with van der Waals surface area (Å²) in [7, 11) is 1.28. The third-order valence-electron chi connectivity index (χ3n) is 3.96. The van der Waals surface area contributed by atoms with E-state index in [0.29, 0.717) is 11.5 Å². The lowest BCUT2D eigenvalue weighted by molar-refractivity contribution is -0.143. The van der Waals surface area contributed by atoms with Gasteiger partial charge in [0.25, 0.3) is 5.91 Å². The topological polar surface area (TPSA) is 93.5 Å². The van der Waals surface area contributed by atoms with Crippen LogP contribution < -0.4 is 10.6 Å². The van der Waals surface area contributed by atoms with Crippen molar-refractivity contribution >= 4 is 11.9 Å². The third-order valence-corrected chi connectivity index (χ3v) is 3.96. The number of oxazole rings is 1. The van der Waals surface area contributed by atoms with Crippen LogP contribution in [0.4, 0.5) is 0 Å². The van der Waals surface area contributed by atoms with Gasteiger partial charge in [-0.3, -0.25) is 4.79 Å². The number of carbonyl (C=O) groups is 2. The molecule has 1 aromatic carbocycles. The maximum Gasteiger partial charge on any atom is 0.333 e. The summed E-state index contributed by atoms with van der Waals surface area (Å²) in [6, 6.07) is 8.05. The van der Waals surface area contributed by atoms with Crippen molar-refractivity contribution in [3.63, 3.8) is 0 Å². The van der Waals surface area contributed by atoms with Gasteiger partial charge in [0.05, 0.1) is 13.2 Å². The number of aromatic nitrogens is 1. The minimum Gasteiger partial charge on any atom is -0.467 e. The monoisotopic (exact) mass is 329 g/mol. The maximum atomic E-state index is 12.4. The van der Waals surface area contributed by atoms with E-state index < -0.39 is 17.9 Å². The van der Waals surface area contributed by atoms with Crippen LogP contribution >= 0.6 is 0 Å². The molecule has 1 saturated heterocycles. The molecule has 7 nitrogen and oxygen atoms in total. The van der Waals surface area contributed by atoms with Crippen molar-refractivity contribution in [1.82, 2.24) is 15.6 Å². The highest BCUT2D eigenvalue weighted by Crippen LogP contribution is 2.22. The predicted molar refractivity (Wildman–Crippen MR) is 85.1 cm³/mol. The van der Waals surface area contributed by atoms with E-state index in [1.54, 1.807) is 24.3 Å². The van der Waals surface area contributed by atoms with Crippen LogP contribution in [0.5, 0.6) is 0 Å².